The third kappa shape index (κ3) is 2.84. The van der Waals surface area contributed by atoms with E-state index in [9.17, 15) is 14.9 Å². The SMILES string of the molecule is O=C(N/N=C\c1ccc([N+](=O)[O-])o1)c1cc2c(s1)CCC2. The van der Waals surface area contributed by atoms with Crippen molar-refractivity contribution in [1.82, 2.24) is 5.43 Å². The van der Waals surface area contributed by atoms with Crippen LogP contribution in [0.2, 0.25) is 0 Å². The Morgan fingerprint density at radius 2 is 2.33 bits per heavy atom. The van der Waals surface area contributed by atoms with E-state index in [-0.39, 0.29) is 17.6 Å². The zero-order valence-corrected chi connectivity index (χ0v) is 11.7. The molecular weight excluding hydrogens is 294 g/mol. The van der Waals surface area contributed by atoms with Crippen molar-refractivity contribution < 1.29 is 14.1 Å². The van der Waals surface area contributed by atoms with Gasteiger partial charge in [-0.25, -0.2) is 5.43 Å². The highest BCUT2D eigenvalue weighted by Gasteiger charge is 2.18. The van der Waals surface area contributed by atoms with Gasteiger partial charge in [-0.2, -0.15) is 5.10 Å². The lowest BCUT2D eigenvalue weighted by molar-refractivity contribution is -0.402. The molecule has 0 aromatic carbocycles. The van der Waals surface area contributed by atoms with Crippen LogP contribution >= 0.6 is 11.3 Å². The Bertz CT molecular complexity index is 710. The number of furan rings is 1. The van der Waals surface area contributed by atoms with Gasteiger partial charge in [0.15, 0.2) is 5.76 Å². The highest BCUT2D eigenvalue weighted by molar-refractivity contribution is 7.14. The molecule has 0 radical (unpaired) electrons. The van der Waals surface area contributed by atoms with Gasteiger partial charge in [0.25, 0.3) is 5.91 Å². The zero-order chi connectivity index (χ0) is 14.8. The van der Waals surface area contributed by atoms with Crippen molar-refractivity contribution in [2.24, 2.45) is 5.10 Å². The minimum atomic E-state index is -0.636. The van der Waals surface area contributed by atoms with Crippen LogP contribution in [0.25, 0.3) is 0 Å². The Morgan fingerprint density at radius 1 is 1.48 bits per heavy atom. The number of hydrogen-bond acceptors (Lipinski definition) is 6. The van der Waals surface area contributed by atoms with Crippen LogP contribution in [0, 0.1) is 10.1 Å². The molecule has 0 bridgehead atoms. The van der Waals surface area contributed by atoms with E-state index >= 15 is 0 Å². The van der Waals surface area contributed by atoms with Crippen molar-refractivity contribution in [2.45, 2.75) is 19.3 Å². The van der Waals surface area contributed by atoms with E-state index in [1.165, 1.54) is 40.1 Å². The third-order valence-corrected chi connectivity index (χ3v) is 4.36. The lowest BCUT2D eigenvalue weighted by atomic mass is 10.2. The topological polar surface area (TPSA) is 97.7 Å². The van der Waals surface area contributed by atoms with Gasteiger partial charge in [-0.05, 0) is 37.0 Å². The van der Waals surface area contributed by atoms with Gasteiger partial charge in [-0.1, -0.05) is 0 Å². The van der Waals surface area contributed by atoms with Gasteiger partial charge in [0.05, 0.1) is 17.2 Å². The smallest absolute Gasteiger partial charge is 0.400 e. The first kappa shape index (κ1) is 13.5. The number of nitro groups is 1. The highest BCUT2D eigenvalue weighted by atomic mass is 32.1. The largest absolute Gasteiger partial charge is 0.433 e. The van der Waals surface area contributed by atoms with Crippen molar-refractivity contribution in [3.8, 4) is 0 Å². The summed E-state index contributed by atoms with van der Waals surface area (Å²) in [5.74, 6) is -0.445. The van der Waals surface area contributed by atoms with E-state index in [2.05, 4.69) is 10.5 Å². The first-order valence-electron chi connectivity index (χ1n) is 6.32. The van der Waals surface area contributed by atoms with Crippen LogP contribution in [0.4, 0.5) is 5.88 Å². The summed E-state index contributed by atoms with van der Waals surface area (Å²) in [6.07, 6.45) is 4.44. The average Bonchev–Trinajstić information content (AvgIpc) is 3.13. The Labute approximate surface area is 123 Å². The summed E-state index contributed by atoms with van der Waals surface area (Å²) in [5, 5.41) is 14.2. The van der Waals surface area contributed by atoms with E-state index in [4.69, 9.17) is 4.42 Å². The van der Waals surface area contributed by atoms with Gasteiger partial charge >= 0.3 is 5.88 Å². The summed E-state index contributed by atoms with van der Waals surface area (Å²) in [4.78, 5) is 23.6. The van der Waals surface area contributed by atoms with Crippen LogP contribution < -0.4 is 5.43 Å². The zero-order valence-electron chi connectivity index (χ0n) is 10.9. The molecule has 7 nitrogen and oxygen atoms in total. The Kier molecular flexibility index (Phi) is 3.53. The molecule has 0 unspecified atom stereocenters. The average molecular weight is 305 g/mol. The maximum atomic E-state index is 11.9. The number of carbonyl (C=O) groups excluding carboxylic acids is 1. The number of thiophene rings is 1. The number of amides is 1. The Hall–Kier alpha value is -2.48. The van der Waals surface area contributed by atoms with Gasteiger partial charge < -0.3 is 4.42 Å². The van der Waals surface area contributed by atoms with Crippen molar-refractivity contribution in [3.63, 3.8) is 0 Å². The fourth-order valence-electron chi connectivity index (χ4n) is 2.16. The number of aryl methyl sites for hydroxylation is 2. The van der Waals surface area contributed by atoms with E-state index in [1.54, 1.807) is 0 Å². The second-order valence-corrected chi connectivity index (χ2v) is 5.68. The lowest BCUT2D eigenvalue weighted by Crippen LogP contribution is -2.16. The van der Waals surface area contributed by atoms with Gasteiger partial charge in [-0.3, -0.25) is 14.9 Å². The van der Waals surface area contributed by atoms with E-state index in [0.717, 1.165) is 19.3 Å². The molecular formula is C13H11N3O4S. The molecule has 108 valence electrons. The second kappa shape index (κ2) is 5.49. The molecule has 2 aromatic heterocycles. The number of nitrogens with zero attached hydrogens (tertiary/aromatic N) is 2. The van der Waals surface area contributed by atoms with Crippen LogP contribution in [0.15, 0.2) is 27.7 Å². The third-order valence-electron chi connectivity index (χ3n) is 3.12. The maximum absolute atomic E-state index is 11.9. The number of hydrazone groups is 1. The Morgan fingerprint density at radius 3 is 3.05 bits per heavy atom. The molecule has 1 N–H and O–H groups in total. The second-order valence-electron chi connectivity index (χ2n) is 4.54. The molecule has 2 heterocycles. The monoisotopic (exact) mass is 305 g/mol. The summed E-state index contributed by atoms with van der Waals surface area (Å²) in [7, 11) is 0. The predicted molar refractivity (Wildman–Crippen MR) is 76.8 cm³/mol. The quantitative estimate of drug-likeness (QED) is 0.533. The standard InChI is InChI=1S/C13H11N3O4S/c17-13(11-6-8-2-1-3-10(8)21-11)15-14-7-9-4-5-12(20-9)16(18)19/h4-7H,1-3H2,(H,15,17)/b14-7-. The molecule has 1 aliphatic rings. The number of carbonyl (C=O) groups is 1. The van der Waals surface area contributed by atoms with Crippen molar-refractivity contribution >= 4 is 29.3 Å². The van der Waals surface area contributed by atoms with E-state index in [1.807, 2.05) is 6.07 Å². The van der Waals surface area contributed by atoms with Crippen LogP contribution in [0.5, 0.6) is 0 Å². The summed E-state index contributed by atoms with van der Waals surface area (Å²) in [6, 6.07) is 4.54. The van der Waals surface area contributed by atoms with Crippen molar-refractivity contribution in [2.75, 3.05) is 0 Å². The molecule has 0 atom stereocenters. The fourth-order valence-corrected chi connectivity index (χ4v) is 3.30. The lowest BCUT2D eigenvalue weighted by Gasteiger charge is -1.95. The highest BCUT2D eigenvalue weighted by Crippen LogP contribution is 2.30. The maximum Gasteiger partial charge on any atom is 0.433 e. The molecule has 8 heteroatoms. The van der Waals surface area contributed by atoms with Crippen LogP contribution in [-0.4, -0.2) is 17.0 Å². The molecule has 21 heavy (non-hydrogen) atoms. The summed E-state index contributed by atoms with van der Waals surface area (Å²) in [6.45, 7) is 0. The minimum absolute atomic E-state index is 0.204. The molecule has 0 saturated carbocycles. The number of hydrogen-bond donors (Lipinski definition) is 1. The summed E-state index contributed by atoms with van der Waals surface area (Å²) < 4.78 is 4.89. The summed E-state index contributed by atoms with van der Waals surface area (Å²) in [5.41, 5.74) is 3.63. The minimum Gasteiger partial charge on any atom is -0.400 e. The van der Waals surface area contributed by atoms with Gasteiger partial charge in [-0.15, -0.1) is 11.3 Å². The molecule has 2 aromatic rings. The number of nitrogens with one attached hydrogen (secondary N) is 1. The van der Waals surface area contributed by atoms with Crippen molar-refractivity contribution in [3.05, 3.63) is 49.4 Å². The molecule has 0 fully saturated rings. The van der Waals surface area contributed by atoms with Gasteiger partial charge in [0.1, 0.15) is 4.92 Å². The Balaban J connectivity index is 1.62. The normalized spacial score (nSPS) is 13.5. The van der Waals surface area contributed by atoms with Crippen LogP contribution in [0.1, 0.15) is 32.3 Å². The first-order chi connectivity index (χ1) is 10.1. The summed E-state index contributed by atoms with van der Waals surface area (Å²) >= 11 is 1.49. The van der Waals surface area contributed by atoms with Gasteiger partial charge in [0, 0.05) is 4.88 Å². The van der Waals surface area contributed by atoms with E-state index < -0.39 is 4.92 Å². The molecule has 1 amide bonds. The van der Waals surface area contributed by atoms with Crippen molar-refractivity contribution in [1.29, 1.82) is 0 Å². The van der Waals surface area contributed by atoms with Crippen LogP contribution in [0.3, 0.4) is 0 Å². The first-order valence-corrected chi connectivity index (χ1v) is 7.14. The van der Waals surface area contributed by atoms with E-state index in [0.29, 0.717) is 4.88 Å². The molecule has 3 rings (SSSR count). The molecule has 1 aliphatic carbocycles. The van der Waals surface area contributed by atoms with Crippen LogP contribution in [-0.2, 0) is 12.8 Å². The molecule has 0 aliphatic heterocycles. The molecule has 0 spiro atoms. The molecule has 0 saturated heterocycles. The number of rotatable bonds is 4. The predicted octanol–water partition coefficient (Wildman–Crippen LogP) is 2.50. The number of fused-ring (bicyclic) bond motifs is 1. The fraction of sp³-hybridized carbons (Fsp3) is 0.231. The van der Waals surface area contributed by atoms with Gasteiger partial charge in [0.2, 0.25) is 0 Å².